The molecule has 2 aromatic rings. The summed E-state index contributed by atoms with van der Waals surface area (Å²) in [5.74, 6) is -0.932. The SMILES string of the molecule is CCCCCCCCCCCCCCN(C)C.Cl.O=C(C(=O)c1ccccc1)c1ccccc1. The Balaban J connectivity index is 0.000000622. The van der Waals surface area contributed by atoms with Crippen LogP contribution in [0.25, 0.3) is 0 Å². The molecule has 190 valence electrons. The van der Waals surface area contributed by atoms with Crippen molar-refractivity contribution < 1.29 is 9.59 Å². The zero-order chi connectivity index (χ0) is 24.2. The molecular formula is C30H46ClNO2. The van der Waals surface area contributed by atoms with Crippen LogP contribution >= 0.6 is 12.4 Å². The molecule has 0 unspecified atom stereocenters. The lowest BCUT2D eigenvalue weighted by Crippen LogP contribution is -2.14. The van der Waals surface area contributed by atoms with Crippen LogP contribution in [0.15, 0.2) is 60.7 Å². The monoisotopic (exact) mass is 487 g/mol. The minimum Gasteiger partial charge on any atom is -0.309 e. The predicted molar refractivity (Wildman–Crippen MR) is 148 cm³/mol. The lowest BCUT2D eigenvalue weighted by atomic mass is 10.0. The van der Waals surface area contributed by atoms with Gasteiger partial charge >= 0.3 is 0 Å². The molecule has 0 aliphatic heterocycles. The molecule has 0 radical (unpaired) electrons. The Morgan fingerprint density at radius 2 is 0.882 bits per heavy atom. The quantitative estimate of drug-likeness (QED) is 0.135. The third kappa shape index (κ3) is 15.8. The van der Waals surface area contributed by atoms with Crippen molar-refractivity contribution in [3.05, 3.63) is 71.8 Å². The second kappa shape index (κ2) is 21.6. The first-order valence-electron chi connectivity index (χ1n) is 12.9. The number of carbonyl (C=O) groups excluding carboxylic acids is 2. The lowest BCUT2D eigenvalue weighted by Gasteiger charge is -2.08. The maximum Gasteiger partial charge on any atom is 0.233 e. The van der Waals surface area contributed by atoms with E-state index < -0.39 is 11.6 Å². The van der Waals surface area contributed by atoms with Crippen LogP contribution in [0.4, 0.5) is 0 Å². The van der Waals surface area contributed by atoms with E-state index in [4.69, 9.17) is 0 Å². The van der Waals surface area contributed by atoms with Gasteiger partial charge in [-0.25, -0.2) is 0 Å². The summed E-state index contributed by atoms with van der Waals surface area (Å²) in [6, 6.07) is 17.2. The van der Waals surface area contributed by atoms with E-state index in [1.807, 2.05) is 12.1 Å². The van der Waals surface area contributed by atoms with Crippen LogP contribution in [-0.4, -0.2) is 37.1 Å². The van der Waals surface area contributed by atoms with Gasteiger partial charge in [0.2, 0.25) is 11.6 Å². The molecule has 2 aromatic carbocycles. The fraction of sp³-hybridized carbons (Fsp3) is 0.533. The highest BCUT2D eigenvalue weighted by Gasteiger charge is 2.17. The number of carbonyl (C=O) groups is 2. The lowest BCUT2D eigenvalue weighted by molar-refractivity contribution is 0.0817. The average molecular weight is 488 g/mol. The molecule has 0 saturated carbocycles. The maximum absolute atomic E-state index is 11.8. The van der Waals surface area contributed by atoms with E-state index in [1.165, 1.54) is 83.6 Å². The second-order valence-electron chi connectivity index (χ2n) is 9.08. The van der Waals surface area contributed by atoms with Crippen molar-refractivity contribution in [1.82, 2.24) is 4.90 Å². The number of rotatable bonds is 16. The molecule has 0 N–H and O–H groups in total. The molecule has 0 aliphatic rings. The van der Waals surface area contributed by atoms with E-state index in [0.717, 1.165) is 0 Å². The van der Waals surface area contributed by atoms with Gasteiger partial charge in [0.15, 0.2) is 0 Å². The third-order valence-corrected chi connectivity index (χ3v) is 5.74. The molecule has 0 heterocycles. The van der Waals surface area contributed by atoms with E-state index in [0.29, 0.717) is 11.1 Å². The first-order valence-corrected chi connectivity index (χ1v) is 12.9. The van der Waals surface area contributed by atoms with Crippen molar-refractivity contribution in [3.63, 3.8) is 0 Å². The summed E-state index contributed by atoms with van der Waals surface area (Å²) in [7, 11) is 4.33. The van der Waals surface area contributed by atoms with Crippen LogP contribution in [-0.2, 0) is 0 Å². The summed E-state index contributed by atoms with van der Waals surface area (Å²) >= 11 is 0. The Labute approximate surface area is 214 Å². The molecule has 34 heavy (non-hydrogen) atoms. The number of ketones is 2. The fourth-order valence-electron chi connectivity index (χ4n) is 3.71. The van der Waals surface area contributed by atoms with Gasteiger partial charge in [0.25, 0.3) is 0 Å². The van der Waals surface area contributed by atoms with Crippen LogP contribution in [0.2, 0.25) is 0 Å². The summed E-state index contributed by atoms with van der Waals surface area (Å²) in [6.45, 7) is 3.55. The molecule has 0 aliphatic carbocycles. The second-order valence-corrected chi connectivity index (χ2v) is 9.08. The molecule has 0 saturated heterocycles. The Bertz CT molecular complexity index is 697. The van der Waals surface area contributed by atoms with Crippen molar-refractivity contribution in [1.29, 1.82) is 0 Å². The van der Waals surface area contributed by atoms with Crippen molar-refractivity contribution in [2.75, 3.05) is 20.6 Å². The van der Waals surface area contributed by atoms with Gasteiger partial charge in [-0.15, -0.1) is 12.4 Å². The molecule has 3 nitrogen and oxygen atoms in total. The highest BCUT2D eigenvalue weighted by Crippen LogP contribution is 2.12. The number of benzene rings is 2. The Hall–Kier alpha value is -1.97. The van der Waals surface area contributed by atoms with Gasteiger partial charge in [-0.2, -0.15) is 0 Å². The topological polar surface area (TPSA) is 37.4 Å². The Morgan fingerprint density at radius 1 is 0.559 bits per heavy atom. The third-order valence-electron chi connectivity index (χ3n) is 5.74. The van der Waals surface area contributed by atoms with E-state index >= 15 is 0 Å². The van der Waals surface area contributed by atoms with Crippen LogP contribution in [0.3, 0.4) is 0 Å². The van der Waals surface area contributed by atoms with Gasteiger partial charge in [0, 0.05) is 11.1 Å². The molecule has 4 heteroatoms. The zero-order valence-electron chi connectivity index (χ0n) is 21.6. The van der Waals surface area contributed by atoms with E-state index in [2.05, 4.69) is 25.9 Å². The molecule has 0 bridgehead atoms. The minimum absolute atomic E-state index is 0. The van der Waals surface area contributed by atoms with Crippen LogP contribution in [0.5, 0.6) is 0 Å². The van der Waals surface area contributed by atoms with E-state index in [9.17, 15) is 9.59 Å². The molecule has 0 atom stereocenters. The number of unbranched alkanes of at least 4 members (excludes halogenated alkanes) is 11. The van der Waals surface area contributed by atoms with Crippen LogP contribution in [0, 0.1) is 0 Å². The summed E-state index contributed by atoms with van der Waals surface area (Å²) in [4.78, 5) is 25.9. The first kappa shape index (κ1) is 32.0. The zero-order valence-corrected chi connectivity index (χ0v) is 22.5. The van der Waals surface area contributed by atoms with E-state index in [-0.39, 0.29) is 12.4 Å². The van der Waals surface area contributed by atoms with Gasteiger partial charge in [-0.05, 0) is 27.1 Å². The molecular weight excluding hydrogens is 442 g/mol. The van der Waals surface area contributed by atoms with Gasteiger partial charge in [-0.3, -0.25) is 9.59 Å². The van der Waals surface area contributed by atoms with Crippen LogP contribution < -0.4 is 0 Å². The number of Topliss-reactive ketones (excluding diaryl/α,β-unsaturated/α-hetero) is 2. The normalized spacial score (nSPS) is 10.2. The van der Waals surface area contributed by atoms with Gasteiger partial charge in [-0.1, -0.05) is 138 Å². The molecule has 0 amide bonds. The average Bonchev–Trinajstić information content (AvgIpc) is 2.85. The standard InChI is InChI=1S/C16H35N.C14H10O2.ClH/c1-4-5-6-7-8-9-10-11-12-13-14-15-16-17(2)3;15-13(11-7-3-1-4-8-11)14(16)12-9-5-2-6-10-12;/h4-16H2,1-3H3;1-10H;1H. The summed E-state index contributed by atoms with van der Waals surface area (Å²) in [5, 5.41) is 0. The van der Waals surface area contributed by atoms with Gasteiger partial charge in [0.05, 0.1) is 0 Å². The molecule has 2 rings (SSSR count). The maximum atomic E-state index is 11.8. The minimum atomic E-state index is -0.466. The molecule has 0 fully saturated rings. The van der Waals surface area contributed by atoms with Crippen molar-refractivity contribution >= 4 is 24.0 Å². The van der Waals surface area contributed by atoms with Crippen molar-refractivity contribution in [3.8, 4) is 0 Å². The van der Waals surface area contributed by atoms with Crippen LogP contribution in [0.1, 0.15) is 105 Å². The smallest absolute Gasteiger partial charge is 0.233 e. The summed E-state index contributed by atoms with van der Waals surface area (Å²) < 4.78 is 0. The Kier molecular flexibility index (Phi) is 20.3. The molecule has 0 spiro atoms. The van der Waals surface area contributed by atoms with E-state index in [1.54, 1.807) is 48.5 Å². The summed E-state index contributed by atoms with van der Waals surface area (Å²) in [5.41, 5.74) is 0.854. The van der Waals surface area contributed by atoms with Gasteiger partial charge in [0.1, 0.15) is 0 Å². The number of hydrogen-bond donors (Lipinski definition) is 0. The highest BCUT2D eigenvalue weighted by atomic mass is 35.5. The number of hydrogen-bond acceptors (Lipinski definition) is 3. The van der Waals surface area contributed by atoms with Crippen molar-refractivity contribution in [2.45, 2.75) is 84.0 Å². The highest BCUT2D eigenvalue weighted by molar-refractivity contribution is 6.49. The predicted octanol–water partition coefficient (Wildman–Crippen LogP) is 8.42. The number of halogens is 1. The largest absolute Gasteiger partial charge is 0.309 e. The Morgan fingerprint density at radius 3 is 1.21 bits per heavy atom. The summed E-state index contributed by atoms with van der Waals surface area (Å²) in [6.07, 6.45) is 17.3. The molecule has 0 aromatic heterocycles. The first-order chi connectivity index (χ1) is 16.1. The fourth-order valence-corrected chi connectivity index (χ4v) is 3.71. The van der Waals surface area contributed by atoms with Gasteiger partial charge < -0.3 is 4.90 Å². The number of nitrogens with zero attached hydrogens (tertiary/aromatic N) is 1. The van der Waals surface area contributed by atoms with Crippen molar-refractivity contribution in [2.24, 2.45) is 0 Å².